The van der Waals surface area contributed by atoms with Gasteiger partial charge in [-0.2, -0.15) is 0 Å². The van der Waals surface area contributed by atoms with E-state index in [1.807, 2.05) is 6.92 Å². The number of hydrogen-bond acceptors (Lipinski definition) is 6. The zero-order valence-corrected chi connectivity index (χ0v) is 13.4. The van der Waals surface area contributed by atoms with Crippen LogP contribution in [-0.2, 0) is 23.1 Å². The molecule has 0 bridgehead atoms. The molecule has 0 fully saturated rings. The van der Waals surface area contributed by atoms with E-state index in [2.05, 4.69) is 9.05 Å². The first-order valence-electron chi connectivity index (χ1n) is 5.97. The lowest BCUT2D eigenvalue weighted by atomic mass is 9.91. The Hall–Kier alpha value is -0.460. The minimum Gasteiger partial charge on any atom is -0.756 e. The third-order valence-electron chi connectivity index (χ3n) is 2.44. The monoisotopic (exact) mass is 300 g/mol. The average molecular weight is 300 g/mol. The standard InChI is InChI=1S/C11H24NO6P/c1-7-11(2,3)10(13)16-9-18-19(14,15)17-8-12(4,5)6/h7-9H2,1-6H3/i4+1,5+1,12+1. The molecule has 1 atom stereocenters. The van der Waals surface area contributed by atoms with Crippen molar-refractivity contribution in [3.63, 3.8) is 0 Å². The summed E-state index contributed by atoms with van der Waals surface area (Å²) in [7, 11) is 0.854. The molecule has 0 N–H and O–H groups in total. The highest BCUT2D eigenvalue weighted by atomic mass is 31.2. The number of ether oxygens (including phenoxy) is 1. The van der Waals surface area contributed by atoms with Crippen LogP contribution in [0.5, 0.6) is 0 Å². The van der Waals surface area contributed by atoms with Crippen LogP contribution in [0, 0.1) is 5.41 Å². The van der Waals surface area contributed by atoms with E-state index >= 15 is 0 Å². The fraction of sp³-hybridized carbons (Fsp3) is 0.909. The second-order valence-corrected chi connectivity index (χ2v) is 7.32. The van der Waals surface area contributed by atoms with Crippen molar-refractivity contribution in [2.75, 3.05) is 34.7 Å². The Kier molecular flexibility index (Phi) is 6.65. The van der Waals surface area contributed by atoms with Gasteiger partial charge in [0.25, 0.3) is 7.82 Å². The third kappa shape index (κ3) is 8.34. The molecule has 8 heteroatoms. The largest absolute Gasteiger partial charge is 0.756 e. The van der Waals surface area contributed by atoms with Gasteiger partial charge in [-0.1, -0.05) is 6.92 Å². The maximum Gasteiger partial charge on any atom is 0.313 e. The molecule has 0 saturated carbocycles. The fourth-order valence-electron chi connectivity index (χ4n) is 0.765. The van der Waals surface area contributed by atoms with Gasteiger partial charge in [0.1, 0.15) is 0 Å². The SMILES string of the molecule is CCC(C)(C)C(=O)OCOP(=O)([O-])OC[15N+](C)([13CH3])[13CH3]. The molecule has 0 radical (unpaired) electrons. The molecule has 114 valence electrons. The maximum atomic E-state index is 11.6. The van der Waals surface area contributed by atoms with Crippen LogP contribution in [0.3, 0.4) is 0 Å². The van der Waals surface area contributed by atoms with Crippen molar-refractivity contribution in [1.82, 2.24) is 0 Å². The number of rotatable bonds is 8. The number of hydrogen-bond donors (Lipinski definition) is 0. The summed E-state index contributed by atoms with van der Waals surface area (Å²) >= 11 is 0. The molecule has 0 heterocycles. The van der Waals surface area contributed by atoms with Crippen molar-refractivity contribution in [2.45, 2.75) is 27.2 Å². The van der Waals surface area contributed by atoms with E-state index in [1.165, 1.54) is 0 Å². The summed E-state index contributed by atoms with van der Waals surface area (Å²) in [6, 6.07) is 0. The van der Waals surface area contributed by atoms with E-state index in [4.69, 9.17) is 4.74 Å². The fourth-order valence-corrected chi connectivity index (χ4v) is 1.51. The van der Waals surface area contributed by atoms with Crippen molar-refractivity contribution >= 4 is 13.8 Å². The van der Waals surface area contributed by atoms with E-state index in [0.717, 1.165) is 0 Å². The number of carbonyl (C=O) groups excluding carboxylic acids is 1. The molecule has 0 amide bonds. The third-order valence-corrected chi connectivity index (χ3v) is 3.29. The summed E-state index contributed by atoms with van der Waals surface area (Å²) < 4.78 is 25.5. The Labute approximate surface area is 114 Å². The van der Waals surface area contributed by atoms with Crippen molar-refractivity contribution in [3.8, 4) is 0 Å². The molecular formula is C11H24NO6P. The lowest BCUT2D eigenvalue weighted by Gasteiger charge is -2.29. The number of esters is 1. The Bertz CT molecular complexity index is 350. The number of nitrogens with zero attached hydrogens (tertiary/aromatic N) is 1. The van der Waals surface area contributed by atoms with Crippen LogP contribution in [0.25, 0.3) is 0 Å². The van der Waals surface area contributed by atoms with Crippen LogP contribution in [0.1, 0.15) is 27.2 Å². The number of carbonyl (C=O) groups is 1. The molecule has 0 aliphatic rings. The molecule has 0 saturated heterocycles. The van der Waals surface area contributed by atoms with Crippen LogP contribution < -0.4 is 4.89 Å². The van der Waals surface area contributed by atoms with Crippen molar-refractivity contribution in [3.05, 3.63) is 0 Å². The van der Waals surface area contributed by atoms with E-state index in [-0.39, 0.29) is 6.73 Å². The van der Waals surface area contributed by atoms with Gasteiger partial charge in [-0.25, -0.2) is 0 Å². The first-order chi connectivity index (χ1) is 8.40. The van der Waals surface area contributed by atoms with E-state index in [0.29, 0.717) is 10.9 Å². The van der Waals surface area contributed by atoms with Gasteiger partial charge < -0.3 is 14.1 Å². The van der Waals surface area contributed by atoms with Crippen molar-refractivity contribution < 1.29 is 32.5 Å². The predicted octanol–water partition coefficient (Wildman–Crippen LogP) is 1.09. The molecular weight excluding hydrogens is 276 g/mol. The van der Waals surface area contributed by atoms with Gasteiger partial charge in [0.05, 0.1) is 26.6 Å². The van der Waals surface area contributed by atoms with Crippen molar-refractivity contribution in [2.24, 2.45) is 5.41 Å². The Morgan fingerprint density at radius 1 is 1.26 bits per heavy atom. The molecule has 0 aromatic carbocycles. The molecule has 7 nitrogen and oxygen atoms in total. The van der Waals surface area contributed by atoms with Crippen LogP contribution in [0.4, 0.5) is 0 Å². The highest BCUT2D eigenvalue weighted by Gasteiger charge is 2.27. The van der Waals surface area contributed by atoms with E-state index < -0.39 is 26.0 Å². The topological polar surface area (TPSA) is 84.9 Å². The Balaban J connectivity index is 4.13. The summed E-state index contributed by atoms with van der Waals surface area (Å²) in [5.41, 5.74) is -0.667. The molecule has 0 aromatic rings. The number of phosphoric acid groups is 1. The van der Waals surface area contributed by atoms with Gasteiger partial charge in [-0.05, 0) is 20.3 Å². The van der Waals surface area contributed by atoms with Crippen LogP contribution in [0.15, 0.2) is 0 Å². The lowest BCUT2D eigenvalue weighted by molar-refractivity contribution is -0.887. The average Bonchev–Trinajstić information content (AvgIpc) is 2.25. The normalized spacial score (nSPS) is 15.9. The van der Waals surface area contributed by atoms with Gasteiger partial charge in [0.2, 0.25) is 0 Å². The first-order valence-corrected chi connectivity index (χ1v) is 7.43. The number of quaternary nitrogens is 1. The molecule has 0 aliphatic carbocycles. The molecule has 0 aromatic heterocycles. The van der Waals surface area contributed by atoms with Gasteiger partial charge >= 0.3 is 5.97 Å². The summed E-state index contributed by atoms with van der Waals surface area (Å²) in [4.78, 5) is 22.9. The minimum absolute atomic E-state index is 0.0603. The second kappa shape index (κ2) is 6.81. The van der Waals surface area contributed by atoms with Crippen LogP contribution in [0.2, 0.25) is 0 Å². The predicted molar refractivity (Wildman–Crippen MR) is 67.7 cm³/mol. The smallest absolute Gasteiger partial charge is 0.313 e. The molecule has 0 spiro atoms. The second-order valence-electron chi connectivity index (χ2n) is 5.91. The van der Waals surface area contributed by atoms with Crippen LogP contribution >= 0.6 is 7.82 Å². The van der Waals surface area contributed by atoms with Gasteiger partial charge in [0.15, 0.2) is 13.5 Å². The zero-order chi connectivity index (χ0) is 15.3. The lowest BCUT2D eigenvalue weighted by Crippen LogP contribution is -2.37. The first kappa shape index (κ1) is 18.5. The summed E-state index contributed by atoms with van der Waals surface area (Å²) in [6.45, 7) is 4.53. The highest BCUT2D eigenvalue weighted by Crippen LogP contribution is 2.38. The molecule has 0 rings (SSSR count). The number of phosphoric ester groups is 1. The van der Waals surface area contributed by atoms with Gasteiger partial charge in [-0.3, -0.25) is 18.4 Å². The Morgan fingerprint density at radius 2 is 1.79 bits per heavy atom. The Morgan fingerprint density at radius 3 is 2.21 bits per heavy atom. The summed E-state index contributed by atoms with van der Waals surface area (Å²) in [5.74, 6) is -0.512. The van der Waals surface area contributed by atoms with E-state index in [9.17, 15) is 14.3 Å². The highest BCUT2D eigenvalue weighted by molar-refractivity contribution is 7.45. The minimum atomic E-state index is -4.45. The molecule has 19 heavy (non-hydrogen) atoms. The quantitative estimate of drug-likeness (QED) is 0.167. The van der Waals surface area contributed by atoms with Gasteiger partial charge in [-0.15, -0.1) is 0 Å². The summed E-state index contributed by atoms with van der Waals surface area (Å²) in [5, 5.41) is 0. The maximum absolute atomic E-state index is 11.6. The summed E-state index contributed by atoms with van der Waals surface area (Å²) in [6.07, 6.45) is 0.582. The van der Waals surface area contributed by atoms with E-state index in [1.54, 1.807) is 35.0 Å². The van der Waals surface area contributed by atoms with Crippen LogP contribution in [-0.4, -0.2) is 45.1 Å². The molecule has 1 unspecified atom stereocenters. The van der Waals surface area contributed by atoms with Crippen molar-refractivity contribution in [1.29, 1.82) is 0 Å². The molecule has 0 aliphatic heterocycles. The van der Waals surface area contributed by atoms with Gasteiger partial charge in [0, 0.05) is 0 Å². The zero-order valence-electron chi connectivity index (χ0n) is 12.5.